The maximum Gasteiger partial charge on any atom is 0.404 e. The summed E-state index contributed by atoms with van der Waals surface area (Å²) in [5.41, 5.74) is 4.89. The molecule has 16 heteroatoms. The normalized spacial score (nSPS) is 20.6. The topological polar surface area (TPSA) is 179 Å². The minimum absolute atomic E-state index is 0.0264. The summed E-state index contributed by atoms with van der Waals surface area (Å²) in [4.78, 5) is 60.9. The number of nitrogens with two attached hydrogens (primary N) is 1. The van der Waals surface area contributed by atoms with Crippen LogP contribution in [0.2, 0.25) is 36.3 Å². The molecule has 3 aromatic rings. The van der Waals surface area contributed by atoms with Gasteiger partial charge in [0.25, 0.3) is 11.5 Å². The second kappa shape index (κ2) is 13.3. The van der Waals surface area contributed by atoms with Gasteiger partial charge in [0.15, 0.2) is 40.1 Å². The molecule has 4 atom stereocenters. The summed E-state index contributed by atoms with van der Waals surface area (Å²) in [5, 5.41) is 2.16. The maximum atomic E-state index is 13.9. The predicted octanol–water partition coefficient (Wildman–Crippen LogP) is 5.01. The smallest absolute Gasteiger partial charge is 0.404 e. The Balaban J connectivity index is 1.89. The van der Waals surface area contributed by atoms with Crippen molar-refractivity contribution in [2.24, 2.45) is 5.73 Å². The van der Waals surface area contributed by atoms with Crippen molar-refractivity contribution in [2.45, 2.75) is 109 Å². The summed E-state index contributed by atoms with van der Waals surface area (Å²) in [6.07, 6.45) is -3.37. The van der Waals surface area contributed by atoms with E-state index < -0.39 is 64.6 Å². The fraction of sp³-hybridized carbons (Fsp3) is 0.562. The Morgan fingerprint density at radius 3 is 2.12 bits per heavy atom. The van der Waals surface area contributed by atoms with E-state index in [-0.39, 0.29) is 39.4 Å². The van der Waals surface area contributed by atoms with Crippen LogP contribution in [0.3, 0.4) is 0 Å². The fourth-order valence-corrected chi connectivity index (χ4v) is 7.08. The molecule has 0 radical (unpaired) electrons. The first-order valence-corrected chi connectivity index (χ1v) is 21.7. The van der Waals surface area contributed by atoms with Gasteiger partial charge in [-0.15, -0.1) is 0 Å². The molecule has 2 aromatic heterocycles. The molecule has 1 aliphatic rings. The molecule has 14 nitrogen and oxygen atoms in total. The zero-order valence-electron chi connectivity index (χ0n) is 29.6. The highest BCUT2D eigenvalue weighted by atomic mass is 28.4. The number of benzene rings is 1. The molecular formula is C32H48N6O8Si2. The summed E-state index contributed by atoms with van der Waals surface area (Å²) in [5.74, 6) is -1.53. The van der Waals surface area contributed by atoms with Crippen LogP contribution in [0.25, 0.3) is 11.2 Å². The number of fused-ring (bicyclic) bond motifs is 1. The van der Waals surface area contributed by atoms with Gasteiger partial charge >= 0.3 is 6.09 Å². The number of primary amides is 1. The summed E-state index contributed by atoms with van der Waals surface area (Å²) in [6.45, 7) is 22.2. The van der Waals surface area contributed by atoms with Crippen LogP contribution in [0.4, 0.5) is 10.7 Å². The van der Waals surface area contributed by atoms with Crippen molar-refractivity contribution in [1.82, 2.24) is 19.1 Å². The van der Waals surface area contributed by atoms with Crippen LogP contribution in [0, 0.1) is 0 Å². The molecule has 1 aromatic carbocycles. The van der Waals surface area contributed by atoms with E-state index in [9.17, 15) is 19.2 Å². The number of carbonyl (C=O) groups excluding carboxylic acids is 3. The number of hydrogen-bond acceptors (Lipinski definition) is 10. The summed E-state index contributed by atoms with van der Waals surface area (Å²) in [7, 11) is -4.85. The van der Waals surface area contributed by atoms with E-state index in [0.29, 0.717) is 0 Å². The van der Waals surface area contributed by atoms with Gasteiger partial charge in [-0.3, -0.25) is 24.3 Å². The van der Waals surface area contributed by atoms with Crippen LogP contribution in [0.5, 0.6) is 0 Å². The van der Waals surface area contributed by atoms with Gasteiger partial charge in [-0.1, -0.05) is 59.7 Å². The largest absolute Gasteiger partial charge is 0.441 e. The first-order chi connectivity index (χ1) is 22.1. The van der Waals surface area contributed by atoms with Crippen LogP contribution >= 0.6 is 0 Å². The van der Waals surface area contributed by atoms with Crippen LogP contribution in [-0.2, 0) is 23.1 Å². The van der Waals surface area contributed by atoms with Crippen molar-refractivity contribution in [2.75, 3.05) is 11.9 Å². The Labute approximate surface area is 282 Å². The molecule has 0 spiro atoms. The second-order valence-electron chi connectivity index (χ2n) is 15.1. The fourth-order valence-electron chi connectivity index (χ4n) is 4.79. The number of imidazole rings is 1. The molecule has 4 rings (SSSR count). The Bertz CT molecular complexity index is 1740. The van der Waals surface area contributed by atoms with E-state index in [1.54, 1.807) is 30.3 Å². The van der Waals surface area contributed by atoms with Crippen molar-refractivity contribution < 1.29 is 32.7 Å². The van der Waals surface area contributed by atoms with Crippen LogP contribution in [0.15, 0.2) is 41.5 Å². The maximum absolute atomic E-state index is 13.9. The van der Waals surface area contributed by atoms with Gasteiger partial charge in [0.05, 0.1) is 12.9 Å². The van der Waals surface area contributed by atoms with Crippen molar-refractivity contribution in [3.63, 3.8) is 0 Å². The number of rotatable bonds is 9. The van der Waals surface area contributed by atoms with Gasteiger partial charge in [0.1, 0.15) is 12.2 Å². The highest BCUT2D eigenvalue weighted by Crippen LogP contribution is 2.44. The molecule has 0 bridgehead atoms. The van der Waals surface area contributed by atoms with E-state index >= 15 is 0 Å². The van der Waals surface area contributed by atoms with Crippen molar-refractivity contribution in [1.29, 1.82) is 0 Å². The Hall–Kier alpha value is -3.71. The van der Waals surface area contributed by atoms with E-state index in [2.05, 4.69) is 83.0 Å². The van der Waals surface area contributed by atoms with Crippen LogP contribution in [-0.4, -0.2) is 78.6 Å². The zero-order chi connectivity index (χ0) is 36.0. The predicted molar refractivity (Wildman–Crippen MR) is 186 cm³/mol. The number of nitrogens with one attached hydrogen (secondary N) is 1. The molecule has 262 valence electrons. The standard InChI is InChI=1S/C32H48N6O8Si2/c1-19(39)35-30-36-25-22(27(41)38(30)26(40)20-15-13-12-14-16-20)34-18-37(25)28-24(46-48(10,11)32(5,6)7)23(45-29(33)42)21(44-28)17-43-47(8,9)31(2,3)4/h12-16,18,21,23-24,28H,17H2,1-11H3,(H2,33,42)(H,35,36,39)/t21-,23-,24-,28-/m1/s1. The molecule has 2 amide bonds. The molecule has 3 heterocycles. The molecule has 1 saturated heterocycles. The third kappa shape index (κ3) is 7.46. The van der Waals surface area contributed by atoms with Gasteiger partial charge in [-0.2, -0.15) is 4.98 Å². The zero-order valence-corrected chi connectivity index (χ0v) is 31.6. The minimum Gasteiger partial charge on any atom is -0.441 e. The first-order valence-electron chi connectivity index (χ1n) is 15.9. The molecule has 48 heavy (non-hydrogen) atoms. The van der Waals surface area contributed by atoms with E-state index in [1.807, 2.05) is 0 Å². The molecular weight excluding hydrogens is 653 g/mol. The van der Waals surface area contributed by atoms with Gasteiger partial charge in [0, 0.05) is 12.5 Å². The monoisotopic (exact) mass is 700 g/mol. The van der Waals surface area contributed by atoms with E-state index in [4.69, 9.17) is 24.1 Å². The number of amides is 2. The molecule has 0 saturated carbocycles. The number of hydrogen-bond donors (Lipinski definition) is 2. The number of carbonyl (C=O) groups is 3. The number of nitrogens with zero attached hydrogens (tertiary/aromatic N) is 4. The first kappa shape index (κ1) is 37.1. The average Bonchev–Trinajstić information content (AvgIpc) is 3.51. The Morgan fingerprint density at radius 1 is 0.979 bits per heavy atom. The molecule has 0 unspecified atom stereocenters. The summed E-state index contributed by atoms with van der Waals surface area (Å²) in [6, 6.07) is 8.16. The highest BCUT2D eigenvalue weighted by Gasteiger charge is 2.54. The quantitative estimate of drug-likeness (QED) is 0.288. The third-order valence-corrected chi connectivity index (χ3v) is 18.5. The Morgan fingerprint density at radius 2 is 1.58 bits per heavy atom. The molecule has 1 aliphatic heterocycles. The number of ether oxygens (including phenoxy) is 2. The summed E-state index contributed by atoms with van der Waals surface area (Å²) < 4.78 is 28.0. The minimum atomic E-state index is -2.57. The van der Waals surface area contributed by atoms with Gasteiger partial charge < -0.3 is 24.1 Å². The second-order valence-corrected chi connectivity index (χ2v) is 24.7. The number of aromatic nitrogens is 4. The third-order valence-electron chi connectivity index (χ3n) is 9.57. The molecule has 3 N–H and O–H groups in total. The van der Waals surface area contributed by atoms with Gasteiger partial charge in [-0.05, 0) is 48.4 Å². The summed E-state index contributed by atoms with van der Waals surface area (Å²) >= 11 is 0. The lowest BCUT2D eigenvalue weighted by Gasteiger charge is -2.40. The van der Waals surface area contributed by atoms with Crippen LogP contribution < -0.4 is 16.6 Å². The SMILES string of the molecule is CC(=O)Nc1nc2c(ncn2[C@@H]2O[C@H](CO[Si](C)(C)C(C)(C)C)[C@@H](OC(N)=O)[C@H]2O[Si](C)(C)C(C)(C)C)c(=O)n1C(=O)c1ccccc1. The molecule has 1 fully saturated rings. The Kier molecular flexibility index (Phi) is 10.3. The number of anilines is 1. The van der Waals surface area contributed by atoms with Crippen molar-refractivity contribution in [3.05, 3.63) is 52.6 Å². The lowest BCUT2D eigenvalue weighted by atomic mass is 10.1. The molecule has 0 aliphatic carbocycles. The average molecular weight is 701 g/mol. The van der Waals surface area contributed by atoms with Crippen LogP contribution in [0.1, 0.15) is 65.1 Å². The van der Waals surface area contributed by atoms with E-state index in [0.717, 1.165) is 4.57 Å². The highest BCUT2D eigenvalue weighted by molar-refractivity contribution is 6.74. The lowest BCUT2D eigenvalue weighted by Crippen LogP contribution is -2.51. The lowest BCUT2D eigenvalue weighted by molar-refractivity contribution is -0.114. The van der Waals surface area contributed by atoms with Crippen molar-refractivity contribution in [3.8, 4) is 0 Å². The van der Waals surface area contributed by atoms with E-state index in [1.165, 1.54) is 17.8 Å². The van der Waals surface area contributed by atoms with Crippen molar-refractivity contribution >= 4 is 51.7 Å². The van der Waals surface area contributed by atoms with Gasteiger partial charge in [-0.25, -0.2) is 14.3 Å². The van der Waals surface area contributed by atoms with Gasteiger partial charge in [0.2, 0.25) is 11.9 Å².